The third-order valence-electron chi connectivity index (χ3n) is 4.59. The molecule has 4 rings (SSSR count). The number of fused-ring (bicyclic) bond motifs is 1. The van der Waals surface area contributed by atoms with Crippen LogP contribution in [0.25, 0.3) is 10.2 Å². The summed E-state index contributed by atoms with van der Waals surface area (Å²) in [4.78, 5) is 44.4. The smallest absolute Gasteiger partial charge is 0.293 e. The fourth-order valence-electron chi connectivity index (χ4n) is 3.11. The van der Waals surface area contributed by atoms with E-state index in [1.807, 2.05) is 18.2 Å². The molecule has 0 bridgehead atoms. The summed E-state index contributed by atoms with van der Waals surface area (Å²) < 4.78 is 0.523. The molecule has 0 unspecified atom stereocenters. The van der Waals surface area contributed by atoms with Crippen LogP contribution in [0, 0.1) is 10.1 Å². The molecule has 0 spiro atoms. The van der Waals surface area contributed by atoms with Gasteiger partial charge in [0.1, 0.15) is 16.2 Å². The number of nitro benzene ring substituents is 1. The lowest BCUT2D eigenvalue weighted by atomic mass is 10.1. The number of rotatable bonds is 6. The maximum Gasteiger partial charge on any atom is 0.293 e. The number of para-hydroxylation sites is 1. The molecular formula is C21H17N5O4S. The Morgan fingerprint density at radius 2 is 2.00 bits per heavy atom. The number of anilines is 2. The summed E-state index contributed by atoms with van der Waals surface area (Å²) in [5, 5.41) is 16.3. The topological polar surface area (TPSA) is 121 Å². The van der Waals surface area contributed by atoms with Crippen molar-refractivity contribution in [2.75, 3.05) is 12.4 Å². The fourth-order valence-corrected chi connectivity index (χ4v) is 3.84. The first-order valence-electron chi connectivity index (χ1n) is 9.25. The summed E-state index contributed by atoms with van der Waals surface area (Å²) >= 11 is 1.29. The number of carbonyl (C=O) groups is 1. The van der Waals surface area contributed by atoms with Crippen molar-refractivity contribution < 1.29 is 9.72 Å². The number of amides is 1. The van der Waals surface area contributed by atoms with E-state index in [9.17, 15) is 19.7 Å². The van der Waals surface area contributed by atoms with Crippen LogP contribution in [-0.4, -0.2) is 32.7 Å². The van der Waals surface area contributed by atoms with E-state index in [-0.39, 0.29) is 29.0 Å². The first-order valence-corrected chi connectivity index (χ1v) is 10.1. The van der Waals surface area contributed by atoms with Crippen LogP contribution < -0.4 is 10.9 Å². The molecule has 0 radical (unpaired) electrons. The lowest BCUT2D eigenvalue weighted by Crippen LogP contribution is -2.28. The zero-order chi connectivity index (χ0) is 22.0. The van der Waals surface area contributed by atoms with Gasteiger partial charge < -0.3 is 15.2 Å². The Kier molecular flexibility index (Phi) is 5.46. The summed E-state index contributed by atoms with van der Waals surface area (Å²) in [6, 6.07) is 15.0. The first-order chi connectivity index (χ1) is 14.9. The summed E-state index contributed by atoms with van der Waals surface area (Å²) in [7, 11) is 1.54. The van der Waals surface area contributed by atoms with Gasteiger partial charge in [-0.05, 0) is 35.7 Å². The zero-order valence-electron chi connectivity index (χ0n) is 16.4. The molecule has 0 aliphatic carbocycles. The molecule has 9 nitrogen and oxygen atoms in total. The van der Waals surface area contributed by atoms with Crippen LogP contribution in [0.4, 0.5) is 17.1 Å². The van der Waals surface area contributed by atoms with E-state index in [0.717, 1.165) is 0 Å². The minimum absolute atomic E-state index is 0.0532. The van der Waals surface area contributed by atoms with Crippen molar-refractivity contribution in [1.29, 1.82) is 0 Å². The predicted molar refractivity (Wildman–Crippen MR) is 119 cm³/mol. The number of H-pyrrole nitrogens is 1. The number of aromatic nitrogens is 2. The molecule has 31 heavy (non-hydrogen) atoms. The third-order valence-corrected chi connectivity index (χ3v) is 5.49. The molecule has 10 heteroatoms. The monoisotopic (exact) mass is 435 g/mol. The zero-order valence-corrected chi connectivity index (χ0v) is 17.2. The maximum atomic E-state index is 12.9. The molecule has 4 aromatic rings. The van der Waals surface area contributed by atoms with E-state index >= 15 is 0 Å². The Labute approximate surface area is 180 Å². The SMILES string of the molecule is CN(Cc1nc2ccsc2c(=O)[nH]1)C(=O)c1ccc(Nc2ccccc2)c([N+](=O)[O-])c1. The first kappa shape index (κ1) is 20.2. The van der Waals surface area contributed by atoms with Gasteiger partial charge in [0.25, 0.3) is 17.2 Å². The normalized spacial score (nSPS) is 10.7. The van der Waals surface area contributed by atoms with Crippen LogP contribution in [0.1, 0.15) is 16.2 Å². The highest BCUT2D eigenvalue weighted by Crippen LogP contribution is 2.29. The molecule has 0 fully saturated rings. The number of thiophene rings is 1. The second-order valence-electron chi connectivity index (χ2n) is 6.79. The molecular weight excluding hydrogens is 418 g/mol. The standard InChI is InChI=1S/C21H17N5O4S/c1-25(12-18-23-16-9-10-31-19(16)20(27)24-18)21(28)13-7-8-15(17(11-13)26(29)30)22-14-5-3-2-4-6-14/h2-11,22H,12H2,1H3,(H,23,24,27). The van der Waals surface area contributed by atoms with Crippen LogP contribution in [0.5, 0.6) is 0 Å². The van der Waals surface area contributed by atoms with Crippen LogP contribution in [0.2, 0.25) is 0 Å². The van der Waals surface area contributed by atoms with E-state index in [4.69, 9.17) is 0 Å². The van der Waals surface area contributed by atoms with Crippen molar-refractivity contribution in [2.24, 2.45) is 0 Å². The van der Waals surface area contributed by atoms with Crippen molar-refractivity contribution in [3.63, 3.8) is 0 Å². The van der Waals surface area contributed by atoms with Crippen LogP contribution in [0.3, 0.4) is 0 Å². The minimum Gasteiger partial charge on any atom is -0.350 e. The van der Waals surface area contributed by atoms with Gasteiger partial charge >= 0.3 is 0 Å². The van der Waals surface area contributed by atoms with E-state index in [1.165, 1.54) is 34.4 Å². The van der Waals surface area contributed by atoms with Gasteiger partial charge in [0.15, 0.2) is 0 Å². The number of carbonyl (C=O) groups excluding carboxylic acids is 1. The summed E-state index contributed by atoms with van der Waals surface area (Å²) in [6.45, 7) is 0.0532. The summed E-state index contributed by atoms with van der Waals surface area (Å²) in [5.41, 5.74) is 1.23. The Hall–Kier alpha value is -4.05. The molecule has 0 saturated carbocycles. The number of hydrogen-bond acceptors (Lipinski definition) is 7. The van der Waals surface area contributed by atoms with E-state index < -0.39 is 10.8 Å². The summed E-state index contributed by atoms with van der Waals surface area (Å²) in [5.74, 6) is -0.0916. The highest BCUT2D eigenvalue weighted by atomic mass is 32.1. The largest absolute Gasteiger partial charge is 0.350 e. The van der Waals surface area contributed by atoms with Gasteiger partial charge in [0, 0.05) is 24.4 Å². The second kappa shape index (κ2) is 8.36. The van der Waals surface area contributed by atoms with Crippen molar-refractivity contribution in [3.05, 3.63) is 91.8 Å². The Morgan fingerprint density at radius 3 is 2.74 bits per heavy atom. The molecule has 0 aliphatic heterocycles. The molecule has 0 atom stereocenters. The molecule has 2 aromatic carbocycles. The Morgan fingerprint density at radius 1 is 1.23 bits per heavy atom. The van der Waals surface area contributed by atoms with E-state index in [2.05, 4.69) is 15.3 Å². The predicted octanol–water partition coefficient (Wildman–Crippen LogP) is 3.91. The van der Waals surface area contributed by atoms with E-state index in [0.29, 0.717) is 21.7 Å². The highest BCUT2D eigenvalue weighted by Gasteiger charge is 2.20. The molecule has 1 amide bonds. The van der Waals surface area contributed by atoms with Crippen molar-refractivity contribution in [3.8, 4) is 0 Å². The van der Waals surface area contributed by atoms with Gasteiger partial charge in [0.2, 0.25) is 0 Å². The lowest BCUT2D eigenvalue weighted by Gasteiger charge is -2.17. The second-order valence-corrected chi connectivity index (χ2v) is 7.70. The molecule has 0 saturated heterocycles. The quantitative estimate of drug-likeness (QED) is 0.350. The fraction of sp³-hybridized carbons (Fsp3) is 0.0952. The molecule has 0 aliphatic rings. The molecule has 156 valence electrons. The van der Waals surface area contributed by atoms with Gasteiger partial charge in [-0.25, -0.2) is 4.98 Å². The molecule has 2 heterocycles. The Bertz CT molecular complexity index is 1330. The van der Waals surface area contributed by atoms with E-state index in [1.54, 1.807) is 30.6 Å². The highest BCUT2D eigenvalue weighted by molar-refractivity contribution is 7.17. The maximum absolute atomic E-state index is 12.9. The number of benzene rings is 2. The summed E-state index contributed by atoms with van der Waals surface area (Å²) in [6.07, 6.45) is 0. The van der Waals surface area contributed by atoms with Gasteiger partial charge in [-0.15, -0.1) is 11.3 Å². The minimum atomic E-state index is -0.536. The van der Waals surface area contributed by atoms with Gasteiger partial charge in [-0.2, -0.15) is 0 Å². The number of nitrogens with zero attached hydrogens (tertiary/aromatic N) is 3. The van der Waals surface area contributed by atoms with Gasteiger partial charge in [-0.3, -0.25) is 19.7 Å². The van der Waals surface area contributed by atoms with Crippen molar-refractivity contribution >= 4 is 44.5 Å². The molecule has 2 N–H and O–H groups in total. The van der Waals surface area contributed by atoms with Crippen LogP contribution in [-0.2, 0) is 6.54 Å². The number of nitro groups is 1. The molecule has 2 aromatic heterocycles. The Balaban J connectivity index is 1.57. The van der Waals surface area contributed by atoms with Gasteiger partial charge in [0.05, 0.1) is 17.0 Å². The van der Waals surface area contributed by atoms with Crippen molar-refractivity contribution in [2.45, 2.75) is 6.54 Å². The van der Waals surface area contributed by atoms with Crippen LogP contribution >= 0.6 is 11.3 Å². The number of nitrogens with one attached hydrogen (secondary N) is 2. The average molecular weight is 435 g/mol. The van der Waals surface area contributed by atoms with Gasteiger partial charge in [-0.1, -0.05) is 18.2 Å². The number of hydrogen-bond donors (Lipinski definition) is 2. The van der Waals surface area contributed by atoms with Crippen LogP contribution in [0.15, 0.2) is 64.8 Å². The average Bonchev–Trinajstić information content (AvgIpc) is 3.23. The third kappa shape index (κ3) is 4.28. The van der Waals surface area contributed by atoms with Crippen molar-refractivity contribution in [1.82, 2.24) is 14.9 Å². The number of aromatic amines is 1. The lowest BCUT2D eigenvalue weighted by molar-refractivity contribution is -0.383.